The summed E-state index contributed by atoms with van der Waals surface area (Å²) in [4.78, 5) is 0. The van der Waals surface area contributed by atoms with Crippen LogP contribution in [0.4, 0.5) is 0 Å². The molecule has 2 nitrogen and oxygen atoms in total. The molecule has 3 atom stereocenters. The maximum Gasteiger partial charge on any atom is 0.105 e. The number of benzene rings is 1. The van der Waals surface area contributed by atoms with Crippen LogP contribution in [0.5, 0.6) is 0 Å². The van der Waals surface area contributed by atoms with E-state index in [1.807, 2.05) is 12.1 Å². The lowest BCUT2D eigenvalue weighted by Gasteiger charge is -2.26. The maximum atomic E-state index is 10.6. The minimum atomic E-state index is -0.471. The molecule has 1 aliphatic carbocycles. The molecule has 21 heavy (non-hydrogen) atoms. The van der Waals surface area contributed by atoms with Crippen LogP contribution in [-0.2, 0) is 11.2 Å². The number of aliphatic hydroxyl groups is 1. The molecule has 0 saturated carbocycles. The van der Waals surface area contributed by atoms with Gasteiger partial charge in [0.05, 0.1) is 12.2 Å². The molecule has 0 aliphatic heterocycles. The average molecular weight is 290 g/mol. The van der Waals surface area contributed by atoms with E-state index in [-0.39, 0.29) is 12.2 Å². The van der Waals surface area contributed by atoms with E-state index in [4.69, 9.17) is 4.74 Å². The Morgan fingerprint density at radius 2 is 2.05 bits per heavy atom. The van der Waals surface area contributed by atoms with Gasteiger partial charge in [-0.15, -0.1) is 0 Å². The van der Waals surface area contributed by atoms with Crippen molar-refractivity contribution in [3.05, 3.63) is 35.4 Å². The Morgan fingerprint density at radius 1 is 1.24 bits per heavy atom. The summed E-state index contributed by atoms with van der Waals surface area (Å²) in [6, 6.07) is 8.25. The lowest BCUT2D eigenvalue weighted by molar-refractivity contribution is -0.0776. The zero-order chi connectivity index (χ0) is 15.1. The second-order valence-electron chi connectivity index (χ2n) is 6.37. The van der Waals surface area contributed by atoms with Gasteiger partial charge in [0.15, 0.2) is 0 Å². The molecule has 0 amide bonds. The molecule has 0 heterocycles. The Kier molecular flexibility index (Phi) is 6.72. The zero-order valence-electron chi connectivity index (χ0n) is 13.6. The number of unbranched alkanes of at least 4 members (excludes halogenated alkanes) is 3. The summed E-state index contributed by atoms with van der Waals surface area (Å²) in [5.74, 6) is 0. The van der Waals surface area contributed by atoms with Crippen LogP contribution in [0, 0.1) is 0 Å². The Balaban J connectivity index is 1.88. The molecule has 1 aromatic carbocycles. The normalized spacial score (nSPS) is 23.4. The number of aryl methyl sites for hydroxylation is 1. The van der Waals surface area contributed by atoms with Crippen LogP contribution in [0.25, 0.3) is 0 Å². The molecular weight excluding hydrogens is 260 g/mol. The molecule has 2 heteroatoms. The van der Waals surface area contributed by atoms with Crippen LogP contribution in [0.3, 0.4) is 0 Å². The zero-order valence-corrected chi connectivity index (χ0v) is 13.6. The van der Waals surface area contributed by atoms with Gasteiger partial charge in [0, 0.05) is 0 Å². The van der Waals surface area contributed by atoms with Crippen molar-refractivity contribution < 1.29 is 9.84 Å². The number of ether oxygens (including phenoxy) is 1. The van der Waals surface area contributed by atoms with Gasteiger partial charge >= 0.3 is 0 Å². The van der Waals surface area contributed by atoms with Crippen LogP contribution in [0.15, 0.2) is 24.3 Å². The second-order valence-corrected chi connectivity index (χ2v) is 6.37. The third kappa shape index (κ3) is 4.82. The monoisotopic (exact) mass is 290 g/mol. The fourth-order valence-corrected chi connectivity index (χ4v) is 3.27. The first-order chi connectivity index (χ1) is 10.2. The third-order valence-corrected chi connectivity index (χ3v) is 4.53. The fraction of sp³-hybridized carbons (Fsp3) is 0.684. The molecule has 1 aromatic rings. The molecule has 0 fully saturated rings. The summed E-state index contributed by atoms with van der Waals surface area (Å²) in [6.07, 6.45) is 9.04. The first-order valence-electron chi connectivity index (χ1n) is 8.63. The minimum absolute atomic E-state index is 0.0465. The van der Waals surface area contributed by atoms with Crippen LogP contribution in [-0.4, -0.2) is 17.3 Å². The van der Waals surface area contributed by atoms with Gasteiger partial charge in [-0.2, -0.15) is 0 Å². The van der Waals surface area contributed by atoms with Crippen molar-refractivity contribution in [1.82, 2.24) is 0 Å². The van der Waals surface area contributed by atoms with Gasteiger partial charge in [-0.05, 0) is 43.7 Å². The van der Waals surface area contributed by atoms with Crippen molar-refractivity contribution >= 4 is 0 Å². The van der Waals surface area contributed by atoms with E-state index in [0.717, 1.165) is 31.2 Å². The van der Waals surface area contributed by atoms with Gasteiger partial charge in [0.2, 0.25) is 0 Å². The second kappa shape index (κ2) is 8.55. The summed E-state index contributed by atoms with van der Waals surface area (Å²) in [7, 11) is 0. The summed E-state index contributed by atoms with van der Waals surface area (Å²) < 4.78 is 6.17. The standard InChI is InChI=1S/C19H30O2/c1-3-4-5-6-10-15(2)21-18-14-9-12-16-11-7-8-13-17(16)19(18)20/h7-8,11,13,15,18-20H,3-6,9-10,12,14H2,1-2H3. The fourth-order valence-electron chi connectivity index (χ4n) is 3.27. The maximum absolute atomic E-state index is 10.6. The van der Waals surface area contributed by atoms with E-state index in [0.29, 0.717) is 0 Å². The first kappa shape index (κ1) is 16.5. The minimum Gasteiger partial charge on any atom is -0.386 e. The van der Waals surface area contributed by atoms with E-state index < -0.39 is 6.10 Å². The quantitative estimate of drug-likeness (QED) is 0.577. The summed E-state index contributed by atoms with van der Waals surface area (Å²) in [5, 5.41) is 10.6. The molecule has 0 aromatic heterocycles. The van der Waals surface area contributed by atoms with Gasteiger partial charge < -0.3 is 9.84 Å². The highest BCUT2D eigenvalue weighted by Gasteiger charge is 2.27. The lowest BCUT2D eigenvalue weighted by atomic mass is 10.00. The van der Waals surface area contributed by atoms with Crippen molar-refractivity contribution in [2.45, 2.75) is 83.5 Å². The third-order valence-electron chi connectivity index (χ3n) is 4.53. The molecule has 118 valence electrons. The number of aliphatic hydroxyl groups excluding tert-OH is 1. The van der Waals surface area contributed by atoms with Gasteiger partial charge in [-0.1, -0.05) is 56.9 Å². The highest BCUT2D eigenvalue weighted by molar-refractivity contribution is 5.31. The first-order valence-corrected chi connectivity index (χ1v) is 8.63. The van der Waals surface area contributed by atoms with Crippen LogP contribution < -0.4 is 0 Å². The summed E-state index contributed by atoms with van der Waals surface area (Å²) in [6.45, 7) is 4.38. The smallest absolute Gasteiger partial charge is 0.105 e. The number of fused-ring (bicyclic) bond motifs is 1. The molecule has 0 radical (unpaired) electrons. The molecule has 3 unspecified atom stereocenters. The van der Waals surface area contributed by atoms with Crippen molar-refractivity contribution in [1.29, 1.82) is 0 Å². The molecule has 0 saturated heterocycles. The number of hydrogen-bond donors (Lipinski definition) is 1. The van der Waals surface area contributed by atoms with Crippen molar-refractivity contribution in [3.8, 4) is 0 Å². The van der Waals surface area contributed by atoms with E-state index in [9.17, 15) is 5.11 Å². The lowest BCUT2D eigenvalue weighted by Crippen LogP contribution is -2.26. The Morgan fingerprint density at radius 3 is 2.86 bits per heavy atom. The Bertz CT molecular complexity index is 416. The van der Waals surface area contributed by atoms with E-state index in [1.54, 1.807) is 0 Å². The number of hydrogen-bond acceptors (Lipinski definition) is 2. The molecule has 0 spiro atoms. The molecular formula is C19H30O2. The van der Waals surface area contributed by atoms with Gasteiger partial charge in [0.25, 0.3) is 0 Å². The highest BCUT2D eigenvalue weighted by Crippen LogP contribution is 2.31. The van der Waals surface area contributed by atoms with Gasteiger partial charge in [-0.3, -0.25) is 0 Å². The predicted molar refractivity (Wildman–Crippen MR) is 87.4 cm³/mol. The van der Waals surface area contributed by atoms with E-state index >= 15 is 0 Å². The average Bonchev–Trinajstić information content (AvgIpc) is 2.64. The summed E-state index contributed by atoms with van der Waals surface area (Å²) >= 11 is 0. The van der Waals surface area contributed by atoms with Crippen LogP contribution >= 0.6 is 0 Å². The van der Waals surface area contributed by atoms with Crippen molar-refractivity contribution in [2.24, 2.45) is 0 Å². The Labute approximate surface area is 129 Å². The Hall–Kier alpha value is -0.860. The van der Waals surface area contributed by atoms with Crippen molar-refractivity contribution in [3.63, 3.8) is 0 Å². The SMILES string of the molecule is CCCCCCC(C)OC1CCCc2ccccc2C1O. The molecule has 1 aliphatic rings. The number of rotatable bonds is 7. The van der Waals surface area contributed by atoms with Crippen LogP contribution in [0.1, 0.15) is 76.0 Å². The largest absolute Gasteiger partial charge is 0.386 e. The van der Waals surface area contributed by atoms with E-state index in [2.05, 4.69) is 26.0 Å². The van der Waals surface area contributed by atoms with Crippen molar-refractivity contribution in [2.75, 3.05) is 0 Å². The van der Waals surface area contributed by atoms with E-state index in [1.165, 1.54) is 31.2 Å². The van der Waals surface area contributed by atoms with Gasteiger partial charge in [-0.25, -0.2) is 0 Å². The predicted octanol–water partition coefficient (Wildman–Crippen LogP) is 4.80. The van der Waals surface area contributed by atoms with Crippen LogP contribution in [0.2, 0.25) is 0 Å². The highest BCUT2D eigenvalue weighted by atomic mass is 16.5. The molecule has 2 rings (SSSR count). The molecule has 1 N–H and O–H groups in total. The van der Waals surface area contributed by atoms with Gasteiger partial charge in [0.1, 0.15) is 6.10 Å². The summed E-state index contributed by atoms with van der Waals surface area (Å²) in [5.41, 5.74) is 2.35. The topological polar surface area (TPSA) is 29.5 Å². The molecule has 0 bridgehead atoms.